The highest BCUT2D eigenvalue weighted by molar-refractivity contribution is 6.42. The van der Waals surface area contributed by atoms with E-state index in [0.717, 1.165) is 0 Å². The molecule has 0 unspecified atom stereocenters. The molecule has 102 valence electrons. The standard InChI is InChI=1S/C11H7Cl2F3N2O/c12-7-2-1-6(3-8(7)13)9(5-17)18-10(19)4-11(14,15)16/h1-3,9H,4H2,(H,18,19)/t9-/m0/s1. The fraction of sp³-hybridized carbons (Fsp3) is 0.273. The number of hydrogen-bond donors (Lipinski definition) is 1. The Morgan fingerprint density at radius 2 is 2.00 bits per heavy atom. The second-order valence-electron chi connectivity index (χ2n) is 3.60. The minimum absolute atomic E-state index is 0.143. The lowest BCUT2D eigenvalue weighted by Crippen LogP contribution is -2.31. The molecule has 1 aromatic carbocycles. The van der Waals surface area contributed by atoms with E-state index in [0.29, 0.717) is 0 Å². The molecule has 0 aliphatic rings. The maximum atomic E-state index is 12.0. The third kappa shape index (κ3) is 4.97. The monoisotopic (exact) mass is 310 g/mol. The van der Waals surface area contributed by atoms with Crippen molar-refractivity contribution in [2.24, 2.45) is 0 Å². The van der Waals surface area contributed by atoms with E-state index in [4.69, 9.17) is 28.5 Å². The van der Waals surface area contributed by atoms with E-state index in [-0.39, 0.29) is 15.6 Å². The van der Waals surface area contributed by atoms with Gasteiger partial charge in [-0.15, -0.1) is 0 Å². The minimum Gasteiger partial charge on any atom is -0.336 e. The van der Waals surface area contributed by atoms with Crippen molar-refractivity contribution in [2.75, 3.05) is 0 Å². The molecule has 1 aromatic rings. The molecular weight excluding hydrogens is 304 g/mol. The lowest BCUT2D eigenvalue weighted by Gasteiger charge is -2.13. The van der Waals surface area contributed by atoms with Gasteiger partial charge in [-0.05, 0) is 17.7 Å². The van der Waals surface area contributed by atoms with Crippen molar-refractivity contribution < 1.29 is 18.0 Å². The summed E-state index contributed by atoms with van der Waals surface area (Å²) in [5, 5.41) is 11.2. The Hall–Kier alpha value is -1.45. The summed E-state index contributed by atoms with van der Waals surface area (Å²) in [5.74, 6) is -1.29. The first kappa shape index (κ1) is 15.6. The summed E-state index contributed by atoms with van der Waals surface area (Å²) in [6.45, 7) is 0. The Morgan fingerprint density at radius 1 is 1.37 bits per heavy atom. The van der Waals surface area contributed by atoms with Gasteiger partial charge in [-0.1, -0.05) is 29.3 Å². The van der Waals surface area contributed by atoms with Gasteiger partial charge in [0.15, 0.2) is 0 Å². The Morgan fingerprint density at radius 3 is 2.47 bits per heavy atom. The van der Waals surface area contributed by atoms with Gasteiger partial charge in [0.25, 0.3) is 0 Å². The van der Waals surface area contributed by atoms with E-state index >= 15 is 0 Å². The van der Waals surface area contributed by atoms with E-state index < -0.39 is 24.5 Å². The Labute approximate surface area is 116 Å². The highest BCUT2D eigenvalue weighted by Crippen LogP contribution is 2.26. The zero-order valence-electron chi connectivity index (χ0n) is 9.26. The molecule has 3 nitrogen and oxygen atoms in total. The normalized spacial score (nSPS) is 12.6. The summed E-state index contributed by atoms with van der Waals surface area (Å²) in [6.07, 6.45) is -6.27. The molecule has 0 radical (unpaired) electrons. The van der Waals surface area contributed by atoms with Gasteiger partial charge >= 0.3 is 6.18 Å². The first-order chi connectivity index (χ1) is 8.73. The summed E-state index contributed by atoms with van der Waals surface area (Å²) in [7, 11) is 0. The number of alkyl halides is 3. The second kappa shape index (κ2) is 6.13. The highest BCUT2D eigenvalue weighted by atomic mass is 35.5. The number of amides is 1. The maximum absolute atomic E-state index is 12.0. The lowest BCUT2D eigenvalue weighted by molar-refractivity contribution is -0.154. The SMILES string of the molecule is N#C[C@H](NC(=O)CC(F)(F)F)c1ccc(Cl)c(Cl)c1. The summed E-state index contributed by atoms with van der Waals surface area (Å²) in [5.41, 5.74) is 0.257. The average molecular weight is 311 g/mol. The van der Waals surface area contributed by atoms with Gasteiger partial charge in [-0.2, -0.15) is 18.4 Å². The molecule has 0 aromatic heterocycles. The third-order valence-electron chi connectivity index (χ3n) is 2.07. The fourth-order valence-electron chi connectivity index (χ4n) is 1.28. The van der Waals surface area contributed by atoms with Crippen molar-refractivity contribution in [2.45, 2.75) is 18.6 Å². The largest absolute Gasteiger partial charge is 0.397 e. The zero-order valence-corrected chi connectivity index (χ0v) is 10.8. The molecule has 0 aliphatic heterocycles. The van der Waals surface area contributed by atoms with Crippen LogP contribution in [0.3, 0.4) is 0 Å². The van der Waals surface area contributed by atoms with Gasteiger partial charge in [0, 0.05) is 0 Å². The highest BCUT2D eigenvalue weighted by Gasteiger charge is 2.32. The topological polar surface area (TPSA) is 52.9 Å². The summed E-state index contributed by atoms with van der Waals surface area (Å²) >= 11 is 11.4. The summed E-state index contributed by atoms with van der Waals surface area (Å²) < 4.78 is 36.0. The predicted molar refractivity (Wildman–Crippen MR) is 63.6 cm³/mol. The van der Waals surface area contributed by atoms with Crippen LogP contribution in [0.2, 0.25) is 10.0 Å². The zero-order chi connectivity index (χ0) is 14.6. The quantitative estimate of drug-likeness (QED) is 0.927. The molecule has 0 spiro atoms. The smallest absolute Gasteiger partial charge is 0.336 e. The van der Waals surface area contributed by atoms with Gasteiger partial charge in [0.1, 0.15) is 12.5 Å². The molecule has 8 heteroatoms. The average Bonchev–Trinajstić information content (AvgIpc) is 2.27. The Kier molecular flexibility index (Phi) is 5.04. The van der Waals surface area contributed by atoms with E-state index in [1.165, 1.54) is 18.2 Å². The number of carbonyl (C=O) groups excluding carboxylic acids is 1. The number of benzene rings is 1. The van der Waals surface area contributed by atoms with Gasteiger partial charge in [0.2, 0.25) is 5.91 Å². The fourth-order valence-corrected chi connectivity index (χ4v) is 1.58. The van der Waals surface area contributed by atoms with Crippen LogP contribution >= 0.6 is 23.2 Å². The number of hydrogen-bond acceptors (Lipinski definition) is 2. The van der Waals surface area contributed by atoms with Crippen LogP contribution in [0.5, 0.6) is 0 Å². The second-order valence-corrected chi connectivity index (χ2v) is 4.41. The van der Waals surface area contributed by atoms with Crippen LogP contribution < -0.4 is 5.32 Å². The Balaban J connectivity index is 2.82. The van der Waals surface area contributed by atoms with Gasteiger partial charge in [-0.3, -0.25) is 4.79 Å². The molecular formula is C11H7Cl2F3N2O. The summed E-state index contributed by atoms with van der Waals surface area (Å²) in [4.78, 5) is 11.1. The maximum Gasteiger partial charge on any atom is 0.397 e. The van der Waals surface area contributed by atoms with Gasteiger partial charge in [-0.25, -0.2) is 0 Å². The molecule has 0 saturated carbocycles. The van der Waals surface area contributed by atoms with Crippen LogP contribution in [-0.2, 0) is 4.79 Å². The van der Waals surface area contributed by atoms with Crippen LogP contribution in [0.15, 0.2) is 18.2 Å². The van der Waals surface area contributed by atoms with Crippen molar-refractivity contribution in [1.29, 1.82) is 5.26 Å². The molecule has 0 heterocycles. The number of nitriles is 1. The van der Waals surface area contributed by atoms with E-state index in [9.17, 15) is 18.0 Å². The van der Waals surface area contributed by atoms with Crippen LogP contribution in [0.25, 0.3) is 0 Å². The number of nitrogens with zero attached hydrogens (tertiary/aromatic N) is 1. The van der Waals surface area contributed by atoms with Crippen molar-refractivity contribution in [3.8, 4) is 6.07 Å². The first-order valence-electron chi connectivity index (χ1n) is 4.93. The molecule has 1 rings (SSSR count). The minimum atomic E-state index is -4.62. The number of carbonyl (C=O) groups is 1. The predicted octanol–water partition coefficient (Wildman–Crippen LogP) is 3.63. The molecule has 19 heavy (non-hydrogen) atoms. The Bertz CT molecular complexity index is 526. The number of nitrogens with one attached hydrogen (secondary N) is 1. The van der Waals surface area contributed by atoms with Crippen LogP contribution in [-0.4, -0.2) is 12.1 Å². The molecule has 1 atom stereocenters. The molecule has 0 saturated heterocycles. The lowest BCUT2D eigenvalue weighted by atomic mass is 10.1. The third-order valence-corrected chi connectivity index (χ3v) is 2.81. The number of halogens is 5. The van der Waals surface area contributed by atoms with E-state index in [2.05, 4.69) is 0 Å². The molecule has 0 aliphatic carbocycles. The summed E-state index contributed by atoms with van der Waals surface area (Å²) in [6, 6.07) is 4.56. The van der Waals surface area contributed by atoms with Crippen molar-refractivity contribution >= 4 is 29.1 Å². The van der Waals surface area contributed by atoms with Crippen LogP contribution in [0.1, 0.15) is 18.0 Å². The van der Waals surface area contributed by atoms with Crippen LogP contribution in [0, 0.1) is 11.3 Å². The van der Waals surface area contributed by atoms with Gasteiger partial charge in [0.05, 0.1) is 16.1 Å². The van der Waals surface area contributed by atoms with E-state index in [1.54, 1.807) is 6.07 Å². The van der Waals surface area contributed by atoms with Crippen molar-refractivity contribution in [3.63, 3.8) is 0 Å². The van der Waals surface area contributed by atoms with Crippen molar-refractivity contribution in [3.05, 3.63) is 33.8 Å². The van der Waals surface area contributed by atoms with Crippen LogP contribution in [0.4, 0.5) is 13.2 Å². The molecule has 0 bridgehead atoms. The first-order valence-corrected chi connectivity index (χ1v) is 5.69. The van der Waals surface area contributed by atoms with Crippen molar-refractivity contribution in [1.82, 2.24) is 5.32 Å². The van der Waals surface area contributed by atoms with Gasteiger partial charge < -0.3 is 5.32 Å². The number of rotatable bonds is 3. The molecule has 0 fully saturated rings. The molecule has 1 N–H and O–H groups in total. The molecule has 1 amide bonds. The van der Waals surface area contributed by atoms with E-state index in [1.807, 2.05) is 5.32 Å².